The average Bonchev–Trinajstić information content (AvgIpc) is 3.32. The van der Waals surface area contributed by atoms with E-state index < -0.39 is 0 Å². The Balaban J connectivity index is 1.29. The summed E-state index contributed by atoms with van der Waals surface area (Å²) >= 11 is 14.1. The highest BCUT2D eigenvalue weighted by molar-refractivity contribution is 7.99. The molecule has 0 spiro atoms. The molecule has 0 fully saturated rings. The predicted molar refractivity (Wildman–Crippen MR) is 158 cm³/mol. The van der Waals surface area contributed by atoms with Gasteiger partial charge in [0.1, 0.15) is 5.82 Å². The van der Waals surface area contributed by atoms with Gasteiger partial charge in [-0.3, -0.25) is 9.36 Å². The molecule has 0 aliphatic heterocycles. The molecule has 1 atom stereocenters. The number of unbranched alkanes of at least 4 members (excludes halogenated alkanes) is 1. The monoisotopic (exact) mass is 566 g/mol. The number of thioether (sulfide) groups is 1. The van der Waals surface area contributed by atoms with E-state index in [-0.39, 0.29) is 11.9 Å². The van der Waals surface area contributed by atoms with Crippen LogP contribution < -0.4 is 5.32 Å². The molecule has 0 radical (unpaired) electrons. The third-order valence-corrected chi connectivity index (χ3v) is 7.97. The number of nitrogens with one attached hydrogen (secondary N) is 1. The number of benzene rings is 3. The van der Waals surface area contributed by atoms with E-state index in [1.807, 2.05) is 53.1 Å². The SMILES string of the molecule is CC(CCc1ccccc1)NC(=O)CCCCSc1nnc(Cc2ccccc2)n1-c1ccc(Cl)c(Cl)c1. The Hall–Kier alpha value is -2.80. The first-order valence-electron chi connectivity index (χ1n) is 12.9. The van der Waals surface area contributed by atoms with Gasteiger partial charge in [-0.2, -0.15) is 0 Å². The highest BCUT2D eigenvalue weighted by atomic mass is 35.5. The van der Waals surface area contributed by atoms with Gasteiger partial charge < -0.3 is 5.32 Å². The summed E-state index contributed by atoms with van der Waals surface area (Å²) in [6.07, 6.45) is 4.79. The Morgan fingerprint density at radius 3 is 2.34 bits per heavy atom. The van der Waals surface area contributed by atoms with E-state index in [2.05, 4.69) is 46.7 Å². The fourth-order valence-corrected chi connectivity index (χ4v) is 5.43. The molecule has 1 unspecified atom stereocenters. The number of rotatable bonds is 13. The number of aromatic nitrogens is 3. The van der Waals surface area contributed by atoms with Crippen LogP contribution in [0, 0.1) is 0 Å². The molecule has 0 saturated heterocycles. The third kappa shape index (κ3) is 8.35. The van der Waals surface area contributed by atoms with Crippen molar-refractivity contribution in [3.63, 3.8) is 0 Å². The van der Waals surface area contributed by atoms with Crippen LogP contribution in [-0.2, 0) is 17.6 Å². The van der Waals surface area contributed by atoms with E-state index in [0.29, 0.717) is 22.9 Å². The lowest BCUT2D eigenvalue weighted by atomic mass is 10.1. The van der Waals surface area contributed by atoms with Crippen molar-refractivity contribution in [3.8, 4) is 5.69 Å². The molecule has 5 nitrogen and oxygen atoms in total. The summed E-state index contributed by atoms with van der Waals surface area (Å²) in [7, 11) is 0. The highest BCUT2D eigenvalue weighted by Crippen LogP contribution is 2.29. The van der Waals surface area contributed by atoms with Crippen molar-refractivity contribution in [2.75, 3.05) is 5.75 Å². The molecule has 0 bridgehead atoms. The molecule has 1 N–H and O–H groups in total. The zero-order valence-corrected chi connectivity index (χ0v) is 23.8. The third-order valence-electron chi connectivity index (χ3n) is 6.21. The summed E-state index contributed by atoms with van der Waals surface area (Å²) in [5.74, 6) is 1.78. The van der Waals surface area contributed by atoms with E-state index in [4.69, 9.17) is 23.2 Å². The average molecular weight is 568 g/mol. The van der Waals surface area contributed by atoms with Gasteiger partial charge in [-0.1, -0.05) is 95.6 Å². The van der Waals surface area contributed by atoms with Gasteiger partial charge in [-0.15, -0.1) is 10.2 Å². The Labute approximate surface area is 239 Å². The lowest BCUT2D eigenvalue weighted by Gasteiger charge is -2.14. The number of halogens is 2. The van der Waals surface area contributed by atoms with Gasteiger partial charge in [0, 0.05) is 24.6 Å². The quantitative estimate of drug-likeness (QED) is 0.134. The summed E-state index contributed by atoms with van der Waals surface area (Å²) in [4.78, 5) is 12.4. The number of nitrogens with zero attached hydrogens (tertiary/aromatic N) is 3. The lowest BCUT2D eigenvalue weighted by Crippen LogP contribution is -2.32. The second-order valence-electron chi connectivity index (χ2n) is 9.29. The van der Waals surface area contributed by atoms with Crippen LogP contribution in [0.1, 0.15) is 49.6 Å². The van der Waals surface area contributed by atoms with Crippen molar-refractivity contribution < 1.29 is 4.79 Å². The van der Waals surface area contributed by atoms with Crippen LogP contribution in [-0.4, -0.2) is 32.5 Å². The van der Waals surface area contributed by atoms with E-state index in [0.717, 1.165) is 53.7 Å². The zero-order chi connectivity index (χ0) is 26.7. The summed E-state index contributed by atoms with van der Waals surface area (Å²) in [6.45, 7) is 2.07. The van der Waals surface area contributed by atoms with Gasteiger partial charge in [0.15, 0.2) is 5.16 Å². The van der Waals surface area contributed by atoms with Crippen LogP contribution in [0.4, 0.5) is 0 Å². The van der Waals surface area contributed by atoms with E-state index >= 15 is 0 Å². The van der Waals surface area contributed by atoms with E-state index in [9.17, 15) is 4.79 Å². The summed E-state index contributed by atoms with van der Waals surface area (Å²) < 4.78 is 2.04. The molecule has 1 heterocycles. The number of amides is 1. The van der Waals surface area contributed by atoms with Crippen molar-refractivity contribution in [3.05, 3.63) is 106 Å². The number of carbonyl (C=O) groups excluding carboxylic acids is 1. The van der Waals surface area contributed by atoms with Gasteiger partial charge in [0.05, 0.1) is 15.7 Å². The van der Waals surface area contributed by atoms with E-state index in [1.165, 1.54) is 5.56 Å². The predicted octanol–water partition coefficient (Wildman–Crippen LogP) is 7.56. The molecule has 1 amide bonds. The first kappa shape index (κ1) is 28.2. The van der Waals surface area contributed by atoms with Crippen LogP contribution in [0.2, 0.25) is 10.0 Å². The maximum atomic E-state index is 12.4. The minimum atomic E-state index is 0.111. The molecule has 4 aromatic rings. The smallest absolute Gasteiger partial charge is 0.220 e. The largest absolute Gasteiger partial charge is 0.354 e. The lowest BCUT2D eigenvalue weighted by molar-refractivity contribution is -0.121. The van der Waals surface area contributed by atoms with Gasteiger partial charge in [-0.25, -0.2) is 0 Å². The molecule has 8 heteroatoms. The Morgan fingerprint density at radius 1 is 0.921 bits per heavy atom. The topological polar surface area (TPSA) is 59.8 Å². The summed E-state index contributed by atoms with van der Waals surface area (Å²) in [5.41, 5.74) is 3.33. The molecule has 198 valence electrons. The van der Waals surface area contributed by atoms with Crippen LogP contribution in [0.25, 0.3) is 5.69 Å². The molecule has 3 aromatic carbocycles. The van der Waals surface area contributed by atoms with Crippen LogP contribution in [0.3, 0.4) is 0 Å². The maximum absolute atomic E-state index is 12.4. The van der Waals surface area contributed by atoms with Gasteiger partial charge >= 0.3 is 0 Å². The molecule has 0 aliphatic carbocycles. The Kier molecular flexibility index (Phi) is 10.7. The van der Waals surface area contributed by atoms with Crippen molar-refractivity contribution >= 4 is 40.9 Å². The molecular formula is C30H32Cl2N4OS. The minimum absolute atomic E-state index is 0.111. The number of aryl methyl sites for hydroxylation is 1. The summed E-state index contributed by atoms with van der Waals surface area (Å²) in [5, 5.41) is 13.9. The van der Waals surface area contributed by atoms with Crippen molar-refractivity contribution in [1.82, 2.24) is 20.1 Å². The maximum Gasteiger partial charge on any atom is 0.220 e. The first-order valence-corrected chi connectivity index (χ1v) is 14.6. The zero-order valence-electron chi connectivity index (χ0n) is 21.4. The van der Waals surface area contributed by atoms with Crippen molar-refractivity contribution in [1.29, 1.82) is 0 Å². The highest BCUT2D eigenvalue weighted by Gasteiger charge is 2.16. The van der Waals surface area contributed by atoms with Gasteiger partial charge in [0.2, 0.25) is 5.91 Å². The van der Waals surface area contributed by atoms with Crippen LogP contribution in [0.5, 0.6) is 0 Å². The standard InChI is InChI=1S/C30H32Cl2N4OS/c1-22(15-16-23-10-4-2-5-11-23)33-29(37)14-8-9-19-38-30-35-34-28(20-24-12-6-3-7-13-24)36(30)25-17-18-26(31)27(32)21-25/h2-7,10-13,17-18,21-22H,8-9,14-16,19-20H2,1H3,(H,33,37). The Bertz CT molecular complexity index is 1310. The molecule has 1 aromatic heterocycles. The van der Waals surface area contributed by atoms with Gasteiger partial charge in [0.25, 0.3) is 0 Å². The van der Waals surface area contributed by atoms with Crippen molar-refractivity contribution in [2.24, 2.45) is 0 Å². The molecule has 0 saturated carbocycles. The van der Waals surface area contributed by atoms with Crippen LogP contribution >= 0.6 is 35.0 Å². The Morgan fingerprint density at radius 2 is 1.63 bits per heavy atom. The first-order chi connectivity index (χ1) is 18.5. The fraction of sp³-hybridized carbons (Fsp3) is 0.300. The minimum Gasteiger partial charge on any atom is -0.354 e. The molecule has 0 aliphatic rings. The number of carbonyl (C=O) groups is 1. The number of hydrogen-bond acceptors (Lipinski definition) is 4. The second-order valence-corrected chi connectivity index (χ2v) is 11.2. The summed E-state index contributed by atoms with van der Waals surface area (Å²) in [6, 6.07) is 26.3. The van der Waals surface area contributed by atoms with Gasteiger partial charge in [-0.05, 0) is 61.9 Å². The molecular weight excluding hydrogens is 535 g/mol. The second kappa shape index (κ2) is 14.4. The number of hydrogen-bond donors (Lipinski definition) is 1. The fourth-order valence-electron chi connectivity index (χ4n) is 4.17. The van der Waals surface area contributed by atoms with Crippen LogP contribution in [0.15, 0.2) is 84.0 Å². The van der Waals surface area contributed by atoms with E-state index in [1.54, 1.807) is 17.8 Å². The molecule has 4 rings (SSSR count). The normalized spacial score (nSPS) is 11.9. The molecule has 38 heavy (non-hydrogen) atoms. The van der Waals surface area contributed by atoms with Crippen molar-refractivity contribution in [2.45, 2.75) is 56.6 Å².